The Bertz CT molecular complexity index is 453. The second-order valence-electron chi connectivity index (χ2n) is 3.56. The predicted octanol–water partition coefficient (Wildman–Crippen LogP) is 3.59. The first-order valence-electron chi connectivity index (χ1n) is 5.28. The SMILES string of the molecule is C#CCN(CCC)C(=O)c1cc(Br)ccc1Cl. The van der Waals surface area contributed by atoms with E-state index in [9.17, 15) is 4.79 Å². The van der Waals surface area contributed by atoms with E-state index in [4.69, 9.17) is 18.0 Å². The monoisotopic (exact) mass is 313 g/mol. The number of carbonyl (C=O) groups excluding carboxylic acids is 1. The highest BCUT2D eigenvalue weighted by molar-refractivity contribution is 9.10. The molecule has 0 unspecified atom stereocenters. The summed E-state index contributed by atoms with van der Waals surface area (Å²) in [6.07, 6.45) is 6.12. The highest BCUT2D eigenvalue weighted by atomic mass is 79.9. The second-order valence-corrected chi connectivity index (χ2v) is 4.88. The van der Waals surface area contributed by atoms with Gasteiger partial charge in [-0.1, -0.05) is 40.4 Å². The van der Waals surface area contributed by atoms with Crippen molar-refractivity contribution < 1.29 is 4.79 Å². The molecule has 17 heavy (non-hydrogen) atoms. The first-order valence-corrected chi connectivity index (χ1v) is 6.45. The summed E-state index contributed by atoms with van der Waals surface area (Å²) in [6, 6.07) is 5.20. The van der Waals surface area contributed by atoms with Crippen LogP contribution >= 0.6 is 27.5 Å². The molecule has 0 saturated heterocycles. The number of hydrogen-bond donors (Lipinski definition) is 0. The van der Waals surface area contributed by atoms with Crippen LogP contribution in [0.4, 0.5) is 0 Å². The van der Waals surface area contributed by atoms with Gasteiger partial charge in [0.25, 0.3) is 5.91 Å². The number of rotatable bonds is 4. The Hall–Kier alpha value is -0.980. The molecule has 90 valence electrons. The van der Waals surface area contributed by atoms with Gasteiger partial charge in [-0.15, -0.1) is 6.42 Å². The van der Waals surface area contributed by atoms with Crippen LogP contribution in [0.1, 0.15) is 23.7 Å². The normalized spacial score (nSPS) is 9.76. The fraction of sp³-hybridized carbons (Fsp3) is 0.308. The summed E-state index contributed by atoms with van der Waals surface area (Å²) >= 11 is 9.34. The Morgan fingerprint density at radius 3 is 2.88 bits per heavy atom. The third kappa shape index (κ3) is 3.76. The summed E-state index contributed by atoms with van der Waals surface area (Å²) in [5, 5.41) is 0.441. The molecule has 0 aliphatic heterocycles. The number of amides is 1. The highest BCUT2D eigenvalue weighted by Crippen LogP contribution is 2.22. The van der Waals surface area contributed by atoms with Crippen molar-refractivity contribution in [2.24, 2.45) is 0 Å². The zero-order valence-corrected chi connectivity index (χ0v) is 11.9. The fourth-order valence-corrected chi connectivity index (χ4v) is 2.02. The van der Waals surface area contributed by atoms with E-state index in [1.165, 1.54) is 0 Å². The van der Waals surface area contributed by atoms with E-state index < -0.39 is 0 Å². The minimum Gasteiger partial charge on any atom is -0.327 e. The van der Waals surface area contributed by atoms with Gasteiger partial charge >= 0.3 is 0 Å². The highest BCUT2D eigenvalue weighted by Gasteiger charge is 2.17. The van der Waals surface area contributed by atoms with Crippen LogP contribution in [0.3, 0.4) is 0 Å². The van der Waals surface area contributed by atoms with Crippen LogP contribution in [-0.4, -0.2) is 23.9 Å². The van der Waals surface area contributed by atoms with Gasteiger partial charge in [-0.05, 0) is 24.6 Å². The van der Waals surface area contributed by atoms with Crippen LogP contribution in [0, 0.1) is 12.3 Å². The van der Waals surface area contributed by atoms with E-state index in [1.807, 2.05) is 6.92 Å². The van der Waals surface area contributed by atoms with E-state index >= 15 is 0 Å². The third-order valence-electron chi connectivity index (χ3n) is 2.22. The topological polar surface area (TPSA) is 20.3 Å². The Morgan fingerprint density at radius 1 is 1.59 bits per heavy atom. The van der Waals surface area contributed by atoms with Gasteiger partial charge in [0.05, 0.1) is 17.1 Å². The maximum atomic E-state index is 12.2. The Balaban J connectivity index is 3.00. The van der Waals surface area contributed by atoms with Crippen molar-refractivity contribution in [3.8, 4) is 12.3 Å². The molecule has 0 fully saturated rings. The molecule has 0 bridgehead atoms. The van der Waals surface area contributed by atoms with Gasteiger partial charge in [-0.25, -0.2) is 0 Å². The molecule has 2 nitrogen and oxygen atoms in total. The molecule has 0 aliphatic carbocycles. The van der Waals surface area contributed by atoms with Crippen LogP contribution in [0.15, 0.2) is 22.7 Å². The number of hydrogen-bond acceptors (Lipinski definition) is 1. The van der Waals surface area contributed by atoms with Gasteiger partial charge in [0.15, 0.2) is 0 Å². The lowest BCUT2D eigenvalue weighted by Crippen LogP contribution is -2.32. The summed E-state index contributed by atoms with van der Waals surface area (Å²) in [4.78, 5) is 13.8. The predicted molar refractivity (Wildman–Crippen MR) is 74.2 cm³/mol. The average Bonchev–Trinajstić information content (AvgIpc) is 2.31. The van der Waals surface area contributed by atoms with Crippen molar-refractivity contribution in [1.29, 1.82) is 0 Å². The summed E-state index contributed by atoms with van der Waals surface area (Å²) in [6.45, 7) is 2.93. The summed E-state index contributed by atoms with van der Waals surface area (Å²) in [5.74, 6) is 2.36. The summed E-state index contributed by atoms with van der Waals surface area (Å²) < 4.78 is 0.822. The van der Waals surface area contributed by atoms with Crippen molar-refractivity contribution >= 4 is 33.4 Å². The largest absolute Gasteiger partial charge is 0.327 e. The fourth-order valence-electron chi connectivity index (χ4n) is 1.46. The zero-order chi connectivity index (χ0) is 12.8. The lowest BCUT2D eigenvalue weighted by molar-refractivity contribution is 0.0777. The quantitative estimate of drug-likeness (QED) is 0.778. The first-order chi connectivity index (χ1) is 8.10. The third-order valence-corrected chi connectivity index (χ3v) is 3.04. The van der Waals surface area contributed by atoms with Crippen LogP contribution in [0.2, 0.25) is 5.02 Å². The Kier molecular flexibility index (Phi) is 5.54. The molecule has 0 radical (unpaired) electrons. The van der Waals surface area contributed by atoms with Crippen LogP contribution < -0.4 is 0 Å². The molecule has 1 rings (SSSR count). The van der Waals surface area contributed by atoms with Crippen LogP contribution in [-0.2, 0) is 0 Å². The van der Waals surface area contributed by atoms with E-state index in [2.05, 4.69) is 21.9 Å². The number of terminal acetylenes is 1. The lowest BCUT2D eigenvalue weighted by Gasteiger charge is -2.20. The molecule has 1 aromatic carbocycles. The second kappa shape index (κ2) is 6.68. The van der Waals surface area contributed by atoms with Crippen molar-refractivity contribution in [2.75, 3.05) is 13.1 Å². The number of benzene rings is 1. The summed E-state index contributed by atoms with van der Waals surface area (Å²) in [7, 11) is 0. The standard InChI is InChI=1S/C13H13BrClNO/c1-3-7-16(8-4-2)13(17)11-9-10(14)5-6-12(11)15/h1,5-6,9H,4,7-8H2,2H3. The molecular formula is C13H13BrClNO. The molecular weight excluding hydrogens is 302 g/mol. The van der Waals surface area contributed by atoms with Gasteiger partial charge < -0.3 is 4.90 Å². The van der Waals surface area contributed by atoms with E-state index in [-0.39, 0.29) is 5.91 Å². The van der Waals surface area contributed by atoms with E-state index in [0.717, 1.165) is 10.9 Å². The minimum absolute atomic E-state index is 0.129. The van der Waals surface area contributed by atoms with Gasteiger partial charge in [-0.2, -0.15) is 0 Å². The van der Waals surface area contributed by atoms with Crippen molar-refractivity contribution in [2.45, 2.75) is 13.3 Å². The molecule has 4 heteroatoms. The van der Waals surface area contributed by atoms with Crippen molar-refractivity contribution in [1.82, 2.24) is 4.90 Å². The Labute approximate surface area is 115 Å². The lowest BCUT2D eigenvalue weighted by atomic mass is 10.2. The maximum absolute atomic E-state index is 12.2. The molecule has 0 saturated carbocycles. The van der Waals surface area contributed by atoms with E-state index in [0.29, 0.717) is 23.7 Å². The average molecular weight is 315 g/mol. The molecule has 0 heterocycles. The van der Waals surface area contributed by atoms with Gasteiger partial charge in [0, 0.05) is 11.0 Å². The molecule has 0 aromatic heterocycles. The number of nitrogens with zero attached hydrogens (tertiary/aromatic N) is 1. The summed E-state index contributed by atoms with van der Waals surface area (Å²) in [5.41, 5.74) is 0.477. The van der Waals surface area contributed by atoms with Crippen molar-refractivity contribution in [3.63, 3.8) is 0 Å². The molecule has 1 aromatic rings. The number of carbonyl (C=O) groups is 1. The van der Waals surface area contributed by atoms with Crippen LogP contribution in [0.5, 0.6) is 0 Å². The van der Waals surface area contributed by atoms with Crippen LogP contribution in [0.25, 0.3) is 0 Å². The van der Waals surface area contributed by atoms with Gasteiger partial charge in [0.2, 0.25) is 0 Å². The molecule has 0 aliphatic rings. The minimum atomic E-state index is -0.129. The maximum Gasteiger partial charge on any atom is 0.256 e. The van der Waals surface area contributed by atoms with Crippen molar-refractivity contribution in [3.05, 3.63) is 33.3 Å². The first kappa shape index (κ1) is 14.1. The van der Waals surface area contributed by atoms with Gasteiger partial charge in [0.1, 0.15) is 0 Å². The smallest absolute Gasteiger partial charge is 0.256 e. The molecule has 0 atom stereocenters. The Morgan fingerprint density at radius 2 is 2.29 bits per heavy atom. The zero-order valence-electron chi connectivity index (χ0n) is 9.54. The molecule has 0 spiro atoms. The van der Waals surface area contributed by atoms with Gasteiger partial charge in [-0.3, -0.25) is 4.79 Å². The van der Waals surface area contributed by atoms with E-state index in [1.54, 1.807) is 23.1 Å². The molecule has 0 N–H and O–H groups in total. The molecule has 1 amide bonds. The number of halogens is 2.